The van der Waals surface area contributed by atoms with Gasteiger partial charge in [-0.25, -0.2) is 0 Å². The average Bonchev–Trinajstić information content (AvgIpc) is 3.34. The van der Waals surface area contributed by atoms with E-state index >= 15 is 0 Å². The van der Waals surface area contributed by atoms with E-state index in [1.807, 2.05) is 93.7 Å². The molecule has 2 unspecified atom stereocenters. The van der Waals surface area contributed by atoms with Crippen molar-refractivity contribution in [2.75, 3.05) is 7.05 Å². The van der Waals surface area contributed by atoms with Gasteiger partial charge in [0.2, 0.25) is 11.8 Å². The van der Waals surface area contributed by atoms with Crippen molar-refractivity contribution >= 4 is 17.8 Å². The van der Waals surface area contributed by atoms with Gasteiger partial charge in [-0.05, 0) is 28.2 Å². The summed E-state index contributed by atoms with van der Waals surface area (Å²) in [7, 11) is 1.53. The minimum atomic E-state index is -0.884. The summed E-state index contributed by atoms with van der Waals surface area (Å²) in [6, 6.07) is 19.4. The van der Waals surface area contributed by atoms with Crippen molar-refractivity contribution in [1.82, 2.24) is 15.2 Å². The highest BCUT2D eigenvalue weighted by atomic mass is 16.5. The Morgan fingerprint density at radius 1 is 0.886 bits per heavy atom. The zero-order chi connectivity index (χ0) is 25.4. The van der Waals surface area contributed by atoms with Gasteiger partial charge in [0, 0.05) is 19.4 Å². The zero-order valence-corrected chi connectivity index (χ0v) is 20.7. The lowest BCUT2D eigenvalue weighted by molar-refractivity contribution is -0.148. The van der Waals surface area contributed by atoms with Gasteiger partial charge in [-0.2, -0.15) is 0 Å². The fraction of sp³-hybridized carbons (Fsp3) is 0.321. The first-order valence-corrected chi connectivity index (χ1v) is 11.6. The average molecular weight is 476 g/mol. The highest BCUT2D eigenvalue weighted by Crippen LogP contribution is 2.25. The van der Waals surface area contributed by atoms with Gasteiger partial charge in [0.25, 0.3) is 0 Å². The van der Waals surface area contributed by atoms with Crippen LogP contribution < -0.4 is 10.6 Å². The monoisotopic (exact) mass is 475 g/mol. The second kappa shape index (κ2) is 11.5. The van der Waals surface area contributed by atoms with Gasteiger partial charge >= 0.3 is 5.97 Å². The van der Waals surface area contributed by atoms with Crippen molar-refractivity contribution < 1.29 is 19.1 Å². The van der Waals surface area contributed by atoms with Crippen LogP contribution in [0.5, 0.6) is 0 Å². The Kier molecular flexibility index (Phi) is 8.47. The van der Waals surface area contributed by atoms with Crippen LogP contribution in [0.3, 0.4) is 0 Å². The number of benzene rings is 2. The van der Waals surface area contributed by atoms with Crippen LogP contribution in [0.2, 0.25) is 0 Å². The zero-order valence-electron chi connectivity index (χ0n) is 20.7. The van der Waals surface area contributed by atoms with E-state index in [-0.39, 0.29) is 18.9 Å². The number of nitrogens with one attached hydrogen (secondary N) is 2. The third-order valence-electron chi connectivity index (χ3n) is 5.75. The van der Waals surface area contributed by atoms with E-state index in [1.54, 1.807) is 10.8 Å². The van der Waals surface area contributed by atoms with E-state index in [4.69, 9.17) is 4.74 Å². The summed E-state index contributed by atoms with van der Waals surface area (Å²) in [5, 5.41) is 5.46. The van der Waals surface area contributed by atoms with Crippen LogP contribution in [0, 0.1) is 5.41 Å². The summed E-state index contributed by atoms with van der Waals surface area (Å²) < 4.78 is 7.15. The molecule has 0 saturated carbocycles. The molecule has 184 valence electrons. The number of hydrogen-bond acceptors (Lipinski definition) is 4. The topological polar surface area (TPSA) is 89.4 Å². The van der Waals surface area contributed by atoms with Crippen molar-refractivity contribution in [1.29, 1.82) is 0 Å². The number of carbonyl (C=O) groups excluding carboxylic acids is 3. The van der Waals surface area contributed by atoms with Crippen molar-refractivity contribution in [3.8, 4) is 11.1 Å². The molecule has 0 aliphatic carbocycles. The SMILES string of the molecule is CNC(=O)C(NC(=O)C(CC(=O)OCc1ccccc1)n1ccc(-c2ccccc2)c1)C(C)(C)C. The molecule has 0 aliphatic heterocycles. The summed E-state index contributed by atoms with van der Waals surface area (Å²) in [5.74, 6) is -1.23. The molecular weight excluding hydrogens is 442 g/mol. The highest BCUT2D eigenvalue weighted by molar-refractivity contribution is 5.91. The fourth-order valence-corrected chi connectivity index (χ4v) is 3.75. The predicted molar refractivity (Wildman–Crippen MR) is 135 cm³/mol. The van der Waals surface area contributed by atoms with Gasteiger partial charge in [0.1, 0.15) is 18.7 Å². The van der Waals surface area contributed by atoms with Crippen molar-refractivity contribution in [3.05, 3.63) is 84.7 Å². The van der Waals surface area contributed by atoms with Gasteiger partial charge in [0.15, 0.2) is 0 Å². The standard InChI is InChI=1S/C28H33N3O4/c1-28(2,3)25(27(34)29-4)30-26(33)23(17-24(32)35-19-20-11-7-5-8-12-20)31-16-15-22(18-31)21-13-9-6-10-14-21/h5-16,18,23,25H,17,19H2,1-4H3,(H,29,34)(H,30,33). The first-order chi connectivity index (χ1) is 16.7. The van der Waals surface area contributed by atoms with E-state index in [0.29, 0.717) is 0 Å². The molecule has 2 N–H and O–H groups in total. The van der Waals surface area contributed by atoms with Gasteiger partial charge in [-0.1, -0.05) is 81.4 Å². The minimum Gasteiger partial charge on any atom is -0.461 e. The Hall–Kier alpha value is -3.87. The second-order valence-corrected chi connectivity index (χ2v) is 9.50. The third-order valence-corrected chi connectivity index (χ3v) is 5.75. The van der Waals surface area contributed by atoms with Crippen LogP contribution in [0.4, 0.5) is 0 Å². The number of nitrogens with zero attached hydrogens (tertiary/aromatic N) is 1. The maximum absolute atomic E-state index is 13.5. The normalized spacial score (nSPS) is 12.9. The van der Waals surface area contributed by atoms with Crippen molar-refractivity contribution in [3.63, 3.8) is 0 Å². The van der Waals surface area contributed by atoms with Crippen LogP contribution >= 0.6 is 0 Å². The smallest absolute Gasteiger partial charge is 0.308 e. The molecule has 0 spiro atoms. The van der Waals surface area contributed by atoms with E-state index in [1.165, 1.54) is 7.05 Å². The number of aromatic nitrogens is 1. The molecule has 3 rings (SSSR count). The summed E-state index contributed by atoms with van der Waals surface area (Å²) in [5.41, 5.74) is 2.25. The molecule has 7 heteroatoms. The van der Waals surface area contributed by atoms with Crippen molar-refractivity contribution in [2.45, 2.75) is 45.9 Å². The van der Waals surface area contributed by atoms with E-state index in [2.05, 4.69) is 10.6 Å². The molecule has 1 heterocycles. The molecule has 0 fully saturated rings. The van der Waals surface area contributed by atoms with E-state index in [9.17, 15) is 14.4 Å². The van der Waals surface area contributed by atoms with Crippen LogP contribution in [0.15, 0.2) is 79.1 Å². The maximum atomic E-state index is 13.5. The first-order valence-electron chi connectivity index (χ1n) is 11.6. The molecule has 1 aromatic heterocycles. The van der Waals surface area contributed by atoms with Crippen LogP contribution in [0.25, 0.3) is 11.1 Å². The number of hydrogen-bond donors (Lipinski definition) is 2. The first kappa shape index (κ1) is 25.7. The van der Waals surface area contributed by atoms with Gasteiger partial charge in [-0.15, -0.1) is 0 Å². The molecular formula is C28H33N3O4. The Morgan fingerprint density at radius 2 is 1.51 bits per heavy atom. The molecule has 3 aromatic rings. The number of amides is 2. The number of carbonyl (C=O) groups is 3. The van der Waals surface area contributed by atoms with Gasteiger partial charge in [0.05, 0.1) is 6.42 Å². The Labute approximate surface area is 206 Å². The van der Waals surface area contributed by atoms with Gasteiger partial charge < -0.3 is 19.9 Å². The molecule has 2 amide bonds. The number of ether oxygens (including phenoxy) is 1. The molecule has 0 bridgehead atoms. The summed E-state index contributed by atoms with van der Waals surface area (Å²) in [6.45, 7) is 5.75. The van der Waals surface area contributed by atoms with Gasteiger partial charge in [-0.3, -0.25) is 14.4 Å². The largest absolute Gasteiger partial charge is 0.461 e. The lowest BCUT2D eigenvalue weighted by atomic mass is 9.86. The molecule has 35 heavy (non-hydrogen) atoms. The molecule has 2 atom stereocenters. The molecule has 2 aromatic carbocycles. The molecule has 0 saturated heterocycles. The Morgan fingerprint density at radius 3 is 2.11 bits per heavy atom. The summed E-state index contributed by atoms with van der Waals surface area (Å²) >= 11 is 0. The summed E-state index contributed by atoms with van der Waals surface area (Å²) in [4.78, 5) is 38.7. The predicted octanol–water partition coefficient (Wildman–Crippen LogP) is 4.11. The van der Waals surface area contributed by atoms with E-state index in [0.717, 1.165) is 16.7 Å². The Balaban J connectivity index is 1.83. The van der Waals surface area contributed by atoms with E-state index < -0.39 is 29.4 Å². The number of esters is 1. The quantitative estimate of drug-likeness (QED) is 0.456. The second-order valence-electron chi connectivity index (χ2n) is 9.50. The lowest BCUT2D eigenvalue weighted by Crippen LogP contribution is -2.54. The molecule has 0 radical (unpaired) electrons. The van der Waals surface area contributed by atoms with Crippen LogP contribution in [0.1, 0.15) is 38.8 Å². The lowest BCUT2D eigenvalue weighted by Gasteiger charge is -2.31. The van der Waals surface area contributed by atoms with Crippen LogP contribution in [-0.4, -0.2) is 35.4 Å². The number of likely N-dealkylation sites (N-methyl/N-ethyl adjacent to an activating group) is 1. The fourth-order valence-electron chi connectivity index (χ4n) is 3.75. The van der Waals surface area contributed by atoms with Crippen LogP contribution in [-0.2, 0) is 25.7 Å². The molecule has 7 nitrogen and oxygen atoms in total. The third kappa shape index (κ3) is 7.06. The highest BCUT2D eigenvalue weighted by Gasteiger charge is 2.35. The Bertz CT molecular complexity index is 1130. The minimum absolute atomic E-state index is 0.123. The summed E-state index contributed by atoms with van der Waals surface area (Å²) in [6.07, 6.45) is 3.42. The maximum Gasteiger partial charge on any atom is 0.308 e. The molecule has 0 aliphatic rings. The number of rotatable bonds is 9. The van der Waals surface area contributed by atoms with Crippen molar-refractivity contribution in [2.24, 2.45) is 5.41 Å².